The largest absolute Gasteiger partial charge is 0.390 e. The maximum Gasteiger partial charge on any atom is 0.225 e. The molecule has 39 heavy (non-hydrogen) atoms. The van der Waals surface area contributed by atoms with Gasteiger partial charge in [0, 0.05) is 42.7 Å². The van der Waals surface area contributed by atoms with E-state index in [-0.39, 0.29) is 30.1 Å². The average molecular weight is 551 g/mol. The van der Waals surface area contributed by atoms with Crippen molar-refractivity contribution in [3.05, 3.63) is 71.2 Å². The summed E-state index contributed by atoms with van der Waals surface area (Å²) in [5.41, 5.74) is 9.09. The molecule has 1 saturated heterocycles. The molecular formula is C32H39ClN2O4. The number of hydrogen-bond acceptors (Lipinski definition) is 5. The fraction of sp³-hybridized carbons (Fsp3) is 0.469. The van der Waals surface area contributed by atoms with Crippen LogP contribution in [-0.4, -0.2) is 61.0 Å². The minimum Gasteiger partial charge on any atom is -0.390 e. The highest BCUT2D eigenvalue weighted by Gasteiger charge is 2.35. The van der Waals surface area contributed by atoms with Gasteiger partial charge in [-0.05, 0) is 72.6 Å². The Morgan fingerprint density at radius 2 is 1.95 bits per heavy atom. The molecule has 7 heteroatoms. The summed E-state index contributed by atoms with van der Waals surface area (Å²) in [6.07, 6.45) is 3.35. The van der Waals surface area contributed by atoms with Crippen molar-refractivity contribution in [2.45, 2.75) is 62.9 Å². The number of nitrogens with zero attached hydrogens (tertiary/aromatic N) is 1. The van der Waals surface area contributed by atoms with Gasteiger partial charge in [0.25, 0.3) is 0 Å². The van der Waals surface area contributed by atoms with E-state index in [0.29, 0.717) is 31.1 Å². The van der Waals surface area contributed by atoms with Gasteiger partial charge in [-0.1, -0.05) is 60.1 Å². The first-order valence-corrected chi connectivity index (χ1v) is 14.5. The van der Waals surface area contributed by atoms with Gasteiger partial charge in [0.2, 0.25) is 5.91 Å². The highest BCUT2D eigenvalue weighted by atomic mass is 35.5. The molecule has 3 N–H and O–H groups in total. The van der Waals surface area contributed by atoms with E-state index < -0.39 is 6.10 Å². The maximum atomic E-state index is 13.0. The fourth-order valence-electron chi connectivity index (χ4n) is 6.16. The molecule has 3 aromatic rings. The zero-order chi connectivity index (χ0) is 27.4. The quantitative estimate of drug-likeness (QED) is 0.355. The molecule has 1 heterocycles. The van der Waals surface area contributed by atoms with E-state index in [9.17, 15) is 9.90 Å². The molecule has 208 valence electrons. The summed E-state index contributed by atoms with van der Waals surface area (Å²) < 4.78 is 11.8. The zero-order valence-electron chi connectivity index (χ0n) is 22.6. The molecule has 1 saturated carbocycles. The second kappa shape index (κ2) is 12.8. The summed E-state index contributed by atoms with van der Waals surface area (Å²) in [5.74, 6) is 0.165. The lowest BCUT2D eigenvalue weighted by Gasteiger charge is -2.36. The van der Waals surface area contributed by atoms with Crippen LogP contribution in [0.15, 0.2) is 60.7 Å². The van der Waals surface area contributed by atoms with Crippen molar-refractivity contribution in [1.82, 2.24) is 4.90 Å². The van der Waals surface area contributed by atoms with Gasteiger partial charge in [0.1, 0.15) is 6.10 Å². The Morgan fingerprint density at radius 3 is 2.72 bits per heavy atom. The Labute approximate surface area is 236 Å². The van der Waals surface area contributed by atoms with Crippen LogP contribution in [0.1, 0.15) is 50.2 Å². The number of halogens is 1. The van der Waals surface area contributed by atoms with Crippen molar-refractivity contribution in [3.63, 3.8) is 0 Å². The van der Waals surface area contributed by atoms with Crippen LogP contribution < -0.4 is 5.73 Å². The maximum absolute atomic E-state index is 13.0. The number of ether oxygens (including phenoxy) is 2. The highest BCUT2D eigenvalue weighted by molar-refractivity contribution is 6.33. The number of hydrogen-bond donors (Lipinski definition) is 2. The minimum atomic E-state index is -0.650. The molecule has 2 fully saturated rings. The van der Waals surface area contributed by atoms with E-state index in [0.717, 1.165) is 54.2 Å². The summed E-state index contributed by atoms with van der Waals surface area (Å²) in [6.45, 7) is 1.45. The van der Waals surface area contributed by atoms with Gasteiger partial charge < -0.3 is 25.2 Å². The lowest BCUT2D eigenvalue weighted by Crippen LogP contribution is -2.51. The highest BCUT2D eigenvalue weighted by Crippen LogP contribution is 2.39. The van der Waals surface area contributed by atoms with E-state index in [2.05, 4.69) is 36.4 Å². The molecule has 1 amide bonds. The van der Waals surface area contributed by atoms with Gasteiger partial charge >= 0.3 is 0 Å². The third-order valence-corrected chi connectivity index (χ3v) is 8.65. The number of aliphatic hydroxyl groups excluding tert-OH is 1. The number of amides is 1. The molecule has 0 aromatic heterocycles. The topological polar surface area (TPSA) is 85.0 Å². The van der Waals surface area contributed by atoms with Crippen molar-refractivity contribution in [2.24, 2.45) is 11.7 Å². The van der Waals surface area contributed by atoms with Crippen LogP contribution in [0.2, 0.25) is 5.02 Å². The molecule has 5 unspecified atom stereocenters. The Bertz CT molecular complexity index is 1280. The minimum absolute atomic E-state index is 0.00727. The number of carbonyl (C=O) groups excluding carboxylic acids is 1. The second-order valence-electron chi connectivity index (χ2n) is 11.0. The Balaban J connectivity index is 1.22. The molecule has 6 nitrogen and oxygen atoms in total. The zero-order valence-corrected chi connectivity index (χ0v) is 23.4. The number of methoxy groups -OCH3 is 1. The normalized spacial score (nSPS) is 23.2. The third kappa shape index (κ3) is 6.47. The van der Waals surface area contributed by atoms with Crippen molar-refractivity contribution < 1.29 is 19.4 Å². The van der Waals surface area contributed by atoms with Crippen molar-refractivity contribution in [3.8, 4) is 11.1 Å². The van der Waals surface area contributed by atoms with Crippen LogP contribution in [0.4, 0.5) is 0 Å². The molecule has 1 aliphatic heterocycles. The molecule has 2 aliphatic rings. The fourth-order valence-corrected chi connectivity index (χ4v) is 6.46. The molecule has 1 aliphatic carbocycles. The Kier molecular flexibility index (Phi) is 9.21. The lowest BCUT2D eigenvalue weighted by atomic mass is 9.92. The van der Waals surface area contributed by atoms with Crippen molar-refractivity contribution in [2.75, 3.05) is 26.8 Å². The SMILES string of the molecule is COC(CCCC(O)C1CN(C(=O)C2CCC(N)C2)CCO1)c1cccc(Cl)c1-c1ccc2ccccc2c1. The van der Waals surface area contributed by atoms with Crippen LogP contribution in [0.5, 0.6) is 0 Å². The van der Waals surface area contributed by atoms with E-state index in [1.807, 2.05) is 29.2 Å². The van der Waals surface area contributed by atoms with Gasteiger partial charge in [-0.3, -0.25) is 4.79 Å². The van der Waals surface area contributed by atoms with Crippen LogP contribution >= 0.6 is 11.6 Å². The first kappa shape index (κ1) is 28.1. The number of rotatable bonds is 9. The number of fused-ring (bicyclic) bond motifs is 1. The van der Waals surface area contributed by atoms with E-state index in [1.54, 1.807) is 7.11 Å². The van der Waals surface area contributed by atoms with Crippen molar-refractivity contribution in [1.29, 1.82) is 0 Å². The van der Waals surface area contributed by atoms with Crippen LogP contribution in [0, 0.1) is 5.92 Å². The van der Waals surface area contributed by atoms with E-state index >= 15 is 0 Å². The average Bonchev–Trinajstić information content (AvgIpc) is 3.40. The summed E-state index contributed by atoms with van der Waals surface area (Å²) in [5, 5.41) is 14.0. The number of aliphatic hydroxyl groups is 1. The summed E-state index contributed by atoms with van der Waals surface area (Å²) in [4.78, 5) is 14.8. The molecular weight excluding hydrogens is 512 g/mol. The lowest BCUT2D eigenvalue weighted by molar-refractivity contribution is -0.148. The monoisotopic (exact) mass is 550 g/mol. The van der Waals surface area contributed by atoms with Gasteiger partial charge in [-0.2, -0.15) is 0 Å². The van der Waals surface area contributed by atoms with Crippen LogP contribution in [0.3, 0.4) is 0 Å². The molecule has 5 rings (SSSR count). The second-order valence-corrected chi connectivity index (χ2v) is 11.4. The Morgan fingerprint density at radius 1 is 1.13 bits per heavy atom. The predicted molar refractivity (Wildman–Crippen MR) is 156 cm³/mol. The van der Waals surface area contributed by atoms with Crippen molar-refractivity contribution >= 4 is 28.3 Å². The molecule has 0 bridgehead atoms. The number of benzene rings is 3. The van der Waals surface area contributed by atoms with E-state index in [1.165, 1.54) is 5.39 Å². The van der Waals surface area contributed by atoms with Gasteiger partial charge in [0.15, 0.2) is 0 Å². The van der Waals surface area contributed by atoms with Crippen LogP contribution in [-0.2, 0) is 14.3 Å². The van der Waals surface area contributed by atoms with Crippen LogP contribution in [0.25, 0.3) is 21.9 Å². The van der Waals surface area contributed by atoms with Gasteiger partial charge in [0.05, 0.1) is 18.8 Å². The third-order valence-electron chi connectivity index (χ3n) is 8.34. The van der Waals surface area contributed by atoms with Gasteiger partial charge in [-0.15, -0.1) is 0 Å². The summed E-state index contributed by atoms with van der Waals surface area (Å²) in [6, 6.07) is 20.8. The number of nitrogens with two attached hydrogens (primary N) is 1. The first-order valence-electron chi connectivity index (χ1n) is 14.1. The number of morpholine rings is 1. The molecule has 0 spiro atoms. The predicted octanol–water partition coefficient (Wildman–Crippen LogP) is 5.73. The number of carbonyl (C=O) groups is 1. The standard InChI is InChI=1S/C32H39ClN2O4/c1-38-29(26-8-4-9-27(33)31(26)23-13-12-21-6-2-3-7-22(21)18-23)11-5-10-28(36)30-20-35(16-17-39-30)32(37)24-14-15-25(34)19-24/h2-4,6-9,12-13,18,24-25,28-30,36H,5,10-11,14-17,19-20,34H2,1H3. The molecule has 3 aromatic carbocycles. The summed E-state index contributed by atoms with van der Waals surface area (Å²) >= 11 is 6.75. The first-order chi connectivity index (χ1) is 18.9. The Hall–Kier alpha value is -2.48. The van der Waals surface area contributed by atoms with Gasteiger partial charge in [-0.25, -0.2) is 0 Å². The summed E-state index contributed by atoms with van der Waals surface area (Å²) in [7, 11) is 1.72. The smallest absolute Gasteiger partial charge is 0.225 e. The molecule has 0 radical (unpaired) electrons. The molecule has 5 atom stereocenters. The van der Waals surface area contributed by atoms with E-state index in [4.69, 9.17) is 26.8 Å².